The Hall–Kier alpha value is -1.20. The third kappa shape index (κ3) is 4.72. The number of thiazole rings is 1. The molecule has 0 saturated heterocycles. The van der Waals surface area contributed by atoms with Crippen LogP contribution in [0.2, 0.25) is 0 Å². The molecule has 0 aliphatic rings. The van der Waals surface area contributed by atoms with Crippen LogP contribution >= 0.6 is 22.7 Å². The van der Waals surface area contributed by atoms with Crippen molar-refractivity contribution in [1.82, 2.24) is 10.3 Å². The Balaban J connectivity index is 1.88. The summed E-state index contributed by atoms with van der Waals surface area (Å²) in [6.07, 6.45) is 4.08. The second kappa shape index (κ2) is 7.55. The van der Waals surface area contributed by atoms with Crippen molar-refractivity contribution in [2.24, 2.45) is 5.92 Å². The van der Waals surface area contributed by atoms with Gasteiger partial charge in [0.1, 0.15) is 5.01 Å². The number of nitrogens with one attached hydrogen (secondary N) is 1. The molecule has 1 N–H and O–H groups in total. The van der Waals surface area contributed by atoms with Crippen LogP contribution in [-0.2, 0) is 11.2 Å². The number of amides is 1. The third-order valence-electron chi connectivity index (χ3n) is 2.97. The molecular formula is C15H20N2OS2. The molecule has 5 heteroatoms. The number of nitrogens with zero attached hydrogens (tertiary/aromatic N) is 1. The van der Waals surface area contributed by atoms with Crippen LogP contribution in [-0.4, -0.2) is 10.9 Å². The molecule has 2 aromatic rings. The van der Waals surface area contributed by atoms with E-state index in [0.29, 0.717) is 12.3 Å². The highest BCUT2D eigenvalue weighted by Gasteiger charge is 2.18. The Kier molecular flexibility index (Phi) is 5.73. The zero-order chi connectivity index (χ0) is 14.4. The van der Waals surface area contributed by atoms with Gasteiger partial charge in [-0.2, -0.15) is 0 Å². The molecule has 0 aromatic carbocycles. The highest BCUT2D eigenvalue weighted by molar-refractivity contribution is 7.10. The number of carbonyl (C=O) groups is 1. The molecule has 3 nitrogen and oxygen atoms in total. The fourth-order valence-corrected chi connectivity index (χ4v) is 3.47. The molecule has 1 atom stereocenters. The minimum Gasteiger partial charge on any atom is -0.347 e. The molecular weight excluding hydrogens is 288 g/mol. The highest BCUT2D eigenvalue weighted by atomic mass is 32.1. The number of carbonyl (C=O) groups excluding carboxylic acids is 1. The lowest BCUT2D eigenvalue weighted by Gasteiger charge is -2.18. The first-order valence-electron chi connectivity index (χ1n) is 6.86. The molecule has 1 unspecified atom stereocenters. The standard InChI is InChI=1S/C15H20N2OS2/c1-11(2)10-13(15-16-7-9-20-15)17-14(18)6-5-12-4-3-8-19-12/h3-4,7-9,11,13H,5-6,10H2,1-2H3,(H,17,18). The summed E-state index contributed by atoms with van der Waals surface area (Å²) in [5.41, 5.74) is 0. The van der Waals surface area contributed by atoms with E-state index >= 15 is 0 Å². The monoisotopic (exact) mass is 308 g/mol. The molecule has 108 valence electrons. The summed E-state index contributed by atoms with van der Waals surface area (Å²) in [4.78, 5) is 17.7. The van der Waals surface area contributed by atoms with E-state index in [9.17, 15) is 4.79 Å². The summed E-state index contributed by atoms with van der Waals surface area (Å²) in [7, 11) is 0. The minimum absolute atomic E-state index is 0.0471. The molecule has 0 bridgehead atoms. The number of aromatic nitrogens is 1. The van der Waals surface area contributed by atoms with Crippen LogP contribution in [0.5, 0.6) is 0 Å². The van der Waals surface area contributed by atoms with Crippen molar-refractivity contribution < 1.29 is 4.79 Å². The van der Waals surface area contributed by atoms with Crippen molar-refractivity contribution in [1.29, 1.82) is 0 Å². The molecule has 0 fully saturated rings. The summed E-state index contributed by atoms with van der Waals surface area (Å²) >= 11 is 3.31. The molecule has 0 radical (unpaired) electrons. The topological polar surface area (TPSA) is 42.0 Å². The SMILES string of the molecule is CC(C)CC(NC(=O)CCc1cccs1)c1nccs1. The Morgan fingerprint density at radius 3 is 2.80 bits per heavy atom. The van der Waals surface area contributed by atoms with Gasteiger partial charge in [0.25, 0.3) is 0 Å². The maximum Gasteiger partial charge on any atom is 0.220 e. The van der Waals surface area contributed by atoms with Crippen LogP contribution in [0.3, 0.4) is 0 Å². The van der Waals surface area contributed by atoms with Crippen LogP contribution in [0.4, 0.5) is 0 Å². The van der Waals surface area contributed by atoms with Gasteiger partial charge in [0.2, 0.25) is 5.91 Å². The van der Waals surface area contributed by atoms with Gasteiger partial charge in [-0.05, 0) is 30.2 Å². The van der Waals surface area contributed by atoms with E-state index in [1.54, 1.807) is 28.9 Å². The van der Waals surface area contributed by atoms with Crippen LogP contribution in [0, 0.1) is 5.92 Å². The van der Waals surface area contributed by atoms with Gasteiger partial charge in [-0.15, -0.1) is 22.7 Å². The van der Waals surface area contributed by atoms with Gasteiger partial charge in [-0.1, -0.05) is 19.9 Å². The number of rotatable bonds is 7. The largest absolute Gasteiger partial charge is 0.347 e. The fraction of sp³-hybridized carbons (Fsp3) is 0.467. The van der Waals surface area contributed by atoms with Crippen molar-refractivity contribution in [3.63, 3.8) is 0 Å². The lowest BCUT2D eigenvalue weighted by molar-refractivity contribution is -0.121. The fourth-order valence-electron chi connectivity index (χ4n) is 2.06. The van der Waals surface area contributed by atoms with Crippen molar-refractivity contribution in [2.75, 3.05) is 0 Å². The second-order valence-corrected chi connectivity index (χ2v) is 7.16. The van der Waals surface area contributed by atoms with Gasteiger partial charge in [-0.3, -0.25) is 4.79 Å². The first-order chi connectivity index (χ1) is 9.65. The van der Waals surface area contributed by atoms with Gasteiger partial charge in [0, 0.05) is 22.9 Å². The molecule has 0 aliphatic carbocycles. The molecule has 1 amide bonds. The van der Waals surface area contributed by atoms with Crippen LogP contribution in [0.15, 0.2) is 29.1 Å². The molecule has 0 spiro atoms. The Morgan fingerprint density at radius 1 is 1.35 bits per heavy atom. The molecule has 2 heterocycles. The van der Waals surface area contributed by atoms with E-state index in [4.69, 9.17) is 0 Å². The van der Waals surface area contributed by atoms with Crippen LogP contribution in [0.25, 0.3) is 0 Å². The van der Waals surface area contributed by atoms with Crippen molar-refractivity contribution in [3.8, 4) is 0 Å². The van der Waals surface area contributed by atoms with Crippen molar-refractivity contribution in [3.05, 3.63) is 39.0 Å². The summed E-state index contributed by atoms with van der Waals surface area (Å²) in [6, 6.07) is 4.14. The van der Waals surface area contributed by atoms with E-state index in [2.05, 4.69) is 30.2 Å². The van der Waals surface area contributed by atoms with E-state index in [-0.39, 0.29) is 11.9 Å². The minimum atomic E-state index is 0.0471. The zero-order valence-electron chi connectivity index (χ0n) is 11.8. The first-order valence-corrected chi connectivity index (χ1v) is 8.62. The van der Waals surface area contributed by atoms with E-state index in [1.165, 1.54) is 4.88 Å². The zero-order valence-corrected chi connectivity index (χ0v) is 13.5. The average molecular weight is 308 g/mol. The van der Waals surface area contributed by atoms with Gasteiger partial charge in [0.15, 0.2) is 0 Å². The lowest BCUT2D eigenvalue weighted by Crippen LogP contribution is -2.29. The molecule has 0 saturated carbocycles. The predicted molar refractivity (Wildman–Crippen MR) is 85.1 cm³/mol. The summed E-state index contributed by atoms with van der Waals surface area (Å²) < 4.78 is 0. The summed E-state index contributed by atoms with van der Waals surface area (Å²) in [5, 5.41) is 8.13. The van der Waals surface area contributed by atoms with Crippen LogP contribution in [0.1, 0.15) is 42.6 Å². The smallest absolute Gasteiger partial charge is 0.220 e. The molecule has 20 heavy (non-hydrogen) atoms. The Labute approximate surface area is 128 Å². The normalized spacial score (nSPS) is 12.6. The third-order valence-corrected chi connectivity index (χ3v) is 4.80. The number of hydrogen-bond acceptors (Lipinski definition) is 4. The van der Waals surface area contributed by atoms with Gasteiger partial charge in [0.05, 0.1) is 6.04 Å². The number of thiophene rings is 1. The van der Waals surface area contributed by atoms with Crippen LogP contribution < -0.4 is 5.32 Å². The highest BCUT2D eigenvalue weighted by Crippen LogP contribution is 2.23. The maximum atomic E-state index is 12.1. The van der Waals surface area contributed by atoms with Crippen molar-refractivity contribution >= 4 is 28.6 Å². The van der Waals surface area contributed by atoms with Gasteiger partial charge < -0.3 is 5.32 Å². The molecule has 2 rings (SSSR count). The van der Waals surface area contributed by atoms with E-state index in [1.807, 2.05) is 16.8 Å². The first kappa shape index (κ1) is 15.2. The average Bonchev–Trinajstić information content (AvgIpc) is 3.08. The predicted octanol–water partition coefficient (Wildman–Crippen LogP) is 4.04. The summed E-state index contributed by atoms with van der Waals surface area (Å²) in [5.74, 6) is 0.640. The molecule has 2 aromatic heterocycles. The Morgan fingerprint density at radius 2 is 2.20 bits per heavy atom. The number of aryl methyl sites for hydroxylation is 1. The molecule has 0 aliphatic heterocycles. The van der Waals surface area contributed by atoms with Gasteiger partial charge in [-0.25, -0.2) is 4.98 Å². The van der Waals surface area contributed by atoms with E-state index in [0.717, 1.165) is 17.8 Å². The summed E-state index contributed by atoms with van der Waals surface area (Å²) in [6.45, 7) is 4.33. The van der Waals surface area contributed by atoms with Crippen molar-refractivity contribution in [2.45, 2.75) is 39.2 Å². The van der Waals surface area contributed by atoms with E-state index < -0.39 is 0 Å². The lowest BCUT2D eigenvalue weighted by atomic mass is 10.0. The van der Waals surface area contributed by atoms with Gasteiger partial charge >= 0.3 is 0 Å². The number of hydrogen-bond donors (Lipinski definition) is 1. The quantitative estimate of drug-likeness (QED) is 0.838. The maximum absolute atomic E-state index is 12.1. The Bertz CT molecular complexity index is 506. The second-order valence-electron chi connectivity index (χ2n) is 5.20.